The van der Waals surface area contributed by atoms with Gasteiger partial charge >= 0.3 is 0 Å². The molecule has 0 spiro atoms. The number of anilines is 3. The molecule has 19 heavy (non-hydrogen) atoms. The number of aromatic nitrogens is 1. The van der Waals surface area contributed by atoms with Crippen molar-refractivity contribution in [1.82, 2.24) is 4.98 Å². The monoisotopic (exact) mass is 257 g/mol. The van der Waals surface area contributed by atoms with Crippen molar-refractivity contribution >= 4 is 17.2 Å². The Bertz CT molecular complexity index is 567. The Morgan fingerprint density at radius 2 is 2.00 bits per heavy atom. The fourth-order valence-corrected chi connectivity index (χ4v) is 1.78. The zero-order valence-corrected chi connectivity index (χ0v) is 11.5. The lowest BCUT2D eigenvalue weighted by atomic mass is 10.2. The fraction of sp³-hybridized carbons (Fsp3) is 0.267. The summed E-state index contributed by atoms with van der Waals surface area (Å²) >= 11 is 0. The molecule has 0 saturated carbocycles. The van der Waals surface area contributed by atoms with Crippen LogP contribution >= 0.6 is 0 Å². The molecule has 1 heterocycles. The van der Waals surface area contributed by atoms with Gasteiger partial charge in [0, 0.05) is 0 Å². The smallest absolute Gasteiger partial charge is 0.143 e. The molecule has 4 heteroatoms. The number of rotatable bonds is 4. The molecule has 4 nitrogen and oxygen atoms in total. The van der Waals surface area contributed by atoms with Crippen LogP contribution in [0.1, 0.15) is 19.4 Å². The second-order valence-corrected chi connectivity index (χ2v) is 4.72. The Kier molecular flexibility index (Phi) is 3.90. The first-order valence-electron chi connectivity index (χ1n) is 6.31. The summed E-state index contributed by atoms with van der Waals surface area (Å²) in [6.45, 7) is 5.98. The van der Waals surface area contributed by atoms with Gasteiger partial charge in [0.1, 0.15) is 11.6 Å². The summed E-state index contributed by atoms with van der Waals surface area (Å²) in [4.78, 5) is 4.30. The van der Waals surface area contributed by atoms with E-state index in [2.05, 4.69) is 10.3 Å². The molecule has 3 N–H and O–H groups in total. The molecule has 0 amide bonds. The second kappa shape index (κ2) is 5.61. The van der Waals surface area contributed by atoms with Crippen molar-refractivity contribution in [1.29, 1.82) is 0 Å². The Labute approximate surface area is 113 Å². The Morgan fingerprint density at radius 1 is 1.26 bits per heavy atom. The fourth-order valence-electron chi connectivity index (χ4n) is 1.78. The van der Waals surface area contributed by atoms with Crippen LogP contribution < -0.4 is 15.8 Å². The van der Waals surface area contributed by atoms with Crippen LogP contribution in [-0.2, 0) is 0 Å². The average Bonchev–Trinajstić information content (AvgIpc) is 2.34. The number of aryl methyl sites for hydroxylation is 1. The molecule has 0 atom stereocenters. The van der Waals surface area contributed by atoms with Crippen molar-refractivity contribution in [3.05, 3.63) is 42.1 Å². The van der Waals surface area contributed by atoms with E-state index in [0.29, 0.717) is 5.69 Å². The number of nitrogens with one attached hydrogen (secondary N) is 1. The lowest BCUT2D eigenvalue weighted by Crippen LogP contribution is -2.08. The number of hydrogen-bond acceptors (Lipinski definition) is 4. The number of para-hydroxylation sites is 2. The molecule has 0 unspecified atom stereocenters. The van der Waals surface area contributed by atoms with Crippen LogP contribution in [0.3, 0.4) is 0 Å². The van der Waals surface area contributed by atoms with Gasteiger partial charge in [0.15, 0.2) is 0 Å². The van der Waals surface area contributed by atoms with Crippen LogP contribution in [-0.4, -0.2) is 11.1 Å². The average molecular weight is 257 g/mol. The lowest BCUT2D eigenvalue weighted by molar-refractivity contribution is 0.244. The van der Waals surface area contributed by atoms with Crippen molar-refractivity contribution < 1.29 is 4.74 Å². The molecule has 2 aromatic rings. The van der Waals surface area contributed by atoms with Gasteiger partial charge in [-0.15, -0.1) is 0 Å². The summed E-state index contributed by atoms with van der Waals surface area (Å²) in [7, 11) is 0. The molecule has 0 aliphatic rings. The van der Waals surface area contributed by atoms with Crippen LogP contribution in [0.15, 0.2) is 36.5 Å². The number of nitrogens with two attached hydrogens (primary N) is 1. The van der Waals surface area contributed by atoms with E-state index < -0.39 is 0 Å². The Morgan fingerprint density at radius 3 is 2.68 bits per heavy atom. The first kappa shape index (κ1) is 13.2. The van der Waals surface area contributed by atoms with E-state index in [1.165, 1.54) is 0 Å². The molecular formula is C15H19N3O. The molecule has 1 aromatic heterocycles. The minimum absolute atomic E-state index is 0.128. The molecule has 0 fully saturated rings. The summed E-state index contributed by atoms with van der Waals surface area (Å²) < 4.78 is 5.77. The van der Waals surface area contributed by atoms with E-state index in [0.717, 1.165) is 22.8 Å². The van der Waals surface area contributed by atoms with E-state index in [-0.39, 0.29) is 6.10 Å². The van der Waals surface area contributed by atoms with Gasteiger partial charge in [0.05, 0.1) is 23.7 Å². The van der Waals surface area contributed by atoms with Gasteiger partial charge in [-0.05, 0) is 44.5 Å². The standard InChI is InChI=1S/C15H19N3O/c1-10(2)19-14-7-5-4-6-13(14)18-15-11(3)8-12(16)9-17-15/h4-10H,16H2,1-3H3,(H,17,18). The number of ether oxygens (including phenoxy) is 1. The highest BCUT2D eigenvalue weighted by Gasteiger charge is 2.07. The summed E-state index contributed by atoms with van der Waals surface area (Å²) in [5, 5.41) is 3.28. The van der Waals surface area contributed by atoms with E-state index >= 15 is 0 Å². The van der Waals surface area contributed by atoms with E-state index in [9.17, 15) is 0 Å². The third-order valence-corrected chi connectivity index (χ3v) is 2.60. The van der Waals surface area contributed by atoms with Crippen LogP contribution in [0.5, 0.6) is 5.75 Å². The summed E-state index contributed by atoms with van der Waals surface area (Å²) in [6.07, 6.45) is 1.77. The first-order valence-corrected chi connectivity index (χ1v) is 6.31. The number of nitrogens with zero attached hydrogens (tertiary/aromatic N) is 1. The van der Waals surface area contributed by atoms with Crippen LogP contribution in [0.25, 0.3) is 0 Å². The number of benzene rings is 1. The summed E-state index contributed by atoms with van der Waals surface area (Å²) in [5.74, 6) is 1.60. The predicted molar refractivity (Wildman–Crippen MR) is 78.9 cm³/mol. The summed E-state index contributed by atoms with van der Waals surface area (Å²) in [6, 6.07) is 9.71. The minimum atomic E-state index is 0.128. The molecule has 0 radical (unpaired) electrons. The maximum absolute atomic E-state index is 5.77. The number of hydrogen-bond donors (Lipinski definition) is 2. The van der Waals surface area contributed by atoms with E-state index in [1.807, 2.05) is 51.1 Å². The topological polar surface area (TPSA) is 60.2 Å². The molecule has 0 aliphatic heterocycles. The minimum Gasteiger partial charge on any atom is -0.489 e. The molecule has 0 bridgehead atoms. The third-order valence-electron chi connectivity index (χ3n) is 2.60. The van der Waals surface area contributed by atoms with E-state index in [4.69, 9.17) is 10.5 Å². The van der Waals surface area contributed by atoms with Crippen LogP contribution in [0.4, 0.5) is 17.2 Å². The first-order chi connectivity index (χ1) is 9.06. The number of pyridine rings is 1. The molecular weight excluding hydrogens is 238 g/mol. The number of nitrogen functional groups attached to an aromatic ring is 1. The third kappa shape index (κ3) is 3.37. The zero-order valence-electron chi connectivity index (χ0n) is 11.5. The highest BCUT2D eigenvalue weighted by molar-refractivity contribution is 5.66. The zero-order chi connectivity index (χ0) is 13.8. The maximum Gasteiger partial charge on any atom is 0.143 e. The van der Waals surface area contributed by atoms with Crippen molar-refractivity contribution in [2.24, 2.45) is 0 Å². The van der Waals surface area contributed by atoms with Gasteiger partial charge in [-0.25, -0.2) is 4.98 Å². The normalized spacial score (nSPS) is 10.5. The van der Waals surface area contributed by atoms with Gasteiger partial charge < -0.3 is 15.8 Å². The predicted octanol–water partition coefficient (Wildman–Crippen LogP) is 3.50. The largest absolute Gasteiger partial charge is 0.489 e. The molecule has 1 aromatic carbocycles. The van der Waals surface area contributed by atoms with Crippen LogP contribution in [0.2, 0.25) is 0 Å². The van der Waals surface area contributed by atoms with Gasteiger partial charge in [-0.1, -0.05) is 12.1 Å². The van der Waals surface area contributed by atoms with Crippen molar-refractivity contribution in [3.8, 4) is 5.75 Å². The molecule has 0 saturated heterocycles. The molecule has 100 valence electrons. The van der Waals surface area contributed by atoms with Crippen molar-refractivity contribution in [2.75, 3.05) is 11.1 Å². The van der Waals surface area contributed by atoms with Gasteiger partial charge in [-0.3, -0.25) is 0 Å². The Balaban J connectivity index is 2.27. The van der Waals surface area contributed by atoms with Crippen molar-refractivity contribution in [3.63, 3.8) is 0 Å². The highest BCUT2D eigenvalue weighted by Crippen LogP contribution is 2.28. The van der Waals surface area contributed by atoms with Gasteiger partial charge in [0.25, 0.3) is 0 Å². The SMILES string of the molecule is Cc1cc(N)cnc1Nc1ccccc1OC(C)C. The quantitative estimate of drug-likeness (QED) is 0.880. The second-order valence-electron chi connectivity index (χ2n) is 4.72. The molecule has 2 rings (SSSR count). The van der Waals surface area contributed by atoms with Gasteiger partial charge in [0.2, 0.25) is 0 Å². The summed E-state index contributed by atoms with van der Waals surface area (Å²) in [5.41, 5.74) is 8.26. The molecule has 0 aliphatic carbocycles. The Hall–Kier alpha value is -2.23. The van der Waals surface area contributed by atoms with E-state index in [1.54, 1.807) is 6.20 Å². The lowest BCUT2D eigenvalue weighted by Gasteiger charge is -2.16. The highest BCUT2D eigenvalue weighted by atomic mass is 16.5. The van der Waals surface area contributed by atoms with Crippen molar-refractivity contribution in [2.45, 2.75) is 26.9 Å². The van der Waals surface area contributed by atoms with Crippen LogP contribution in [0, 0.1) is 6.92 Å². The maximum atomic E-state index is 5.77. The van der Waals surface area contributed by atoms with Gasteiger partial charge in [-0.2, -0.15) is 0 Å².